The number of hydrogen-bond acceptors (Lipinski definition) is 4. The number of ketones is 1. The number of pyridine rings is 1. The molecule has 0 atom stereocenters. The van der Waals surface area contributed by atoms with Crippen molar-refractivity contribution in [1.82, 2.24) is 4.98 Å². The average molecular weight is 384 g/mol. The van der Waals surface area contributed by atoms with Crippen molar-refractivity contribution in [3.05, 3.63) is 94.2 Å². The molecule has 2 aromatic carbocycles. The van der Waals surface area contributed by atoms with Crippen LogP contribution in [0, 0.1) is 23.0 Å². The van der Waals surface area contributed by atoms with Gasteiger partial charge in [0, 0.05) is 46.2 Å². The number of carbonyl (C=O) groups excluding carboxylic acids is 1. The van der Waals surface area contributed by atoms with Crippen LogP contribution in [0.2, 0.25) is 0 Å². The van der Waals surface area contributed by atoms with Gasteiger partial charge in [-0.1, -0.05) is 18.2 Å². The van der Waals surface area contributed by atoms with Gasteiger partial charge in [0.2, 0.25) is 0 Å². The number of carbonyl (C=O) groups is 1. The summed E-state index contributed by atoms with van der Waals surface area (Å²) in [4.78, 5) is 17.6. The van der Waals surface area contributed by atoms with E-state index in [0.29, 0.717) is 34.0 Å². The molecule has 1 N–H and O–H groups in total. The fourth-order valence-corrected chi connectivity index (χ4v) is 4.08. The maximum atomic E-state index is 14.5. The van der Waals surface area contributed by atoms with Crippen LogP contribution in [0.4, 0.5) is 8.78 Å². The predicted molar refractivity (Wildman–Crippen MR) is 102 cm³/mol. The topological polar surface area (TPSA) is 74.0 Å². The monoisotopic (exact) mass is 384 g/mol. The molecular formula is C23H10F2N2O2. The molecule has 2 aliphatic carbocycles. The van der Waals surface area contributed by atoms with Gasteiger partial charge in [0.1, 0.15) is 17.4 Å². The number of phenols is 1. The average Bonchev–Trinajstić information content (AvgIpc) is 3.15. The Kier molecular flexibility index (Phi) is 3.49. The summed E-state index contributed by atoms with van der Waals surface area (Å²) in [5, 5.41) is 19.7. The molecule has 0 bridgehead atoms. The molecule has 0 fully saturated rings. The third kappa shape index (κ3) is 2.21. The summed E-state index contributed by atoms with van der Waals surface area (Å²) in [6.45, 7) is 0. The van der Waals surface area contributed by atoms with Crippen molar-refractivity contribution in [2.45, 2.75) is 0 Å². The maximum Gasteiger partial charge on any atom is 0.197 e. The lowest BCUT2D eigenvalue weighted by Crippen LogP contribution is -2.02. The van der Waals surface area contributed by atoms with Crippen molar-refractivity contribution in [2.24, 2.45) is 0 Å². The third-order valence-electron chi connectivity index (χ3n) is 5.15. The molecule has 0 unspecified atom stereocenters. The van der Waals surface area contributed by atoms with E-state index in [0.717, 1.165) is 12.1 Å². The van der Waals surface area contributed by atoms with Gasteiger partial charge in [0.05, 0.1) is 22.9 Å². The van der Waals surface area contributed by atoms with Crippen LogP contribution >= 0.6 is 0 Å². The van der Waals surface area contributed by atoms with Crippen molar-refractivity contribution < 1.29 is 18.7 Å². The molecule has 1 heterocycles. The molecule has 0 spiro atoms. The Bertz CT molecular complexity index is 1360. The number of phenolic OH excluding ortho intramolecular Hbond substituents is 1. The van der Waals surface area contributed by atoms with Gasteiger partial charge < -0.3 is 5.11 Å². The van der Waals surface area contributed by atoms with Crippen LogP contribution in [0.15, 0.2) is 60.3 Å². The number of aromatic hydroxyl groups is 1. The predicted octanol–water partition coefficient (Wildman–Crippen LogP) is 4.65. The number of halogens is 2. The molecule has 0 radical (unpaired) electrons. The first-order chi connectivity index (χ1) is 14.0. The minimum atomic E-state index is -0.982. The van der Waals surface area contributed by atoms with E-state index in [1.807, 2.05) is 6.07 Å². The highest BCUT2D eigenvalue weighted by Gasteiger charge is 2.39. The highest BCUT2D eigenvalue weighted by molar-refractivity contribution is 6.32. The zero-order chi connectivity index (χ0) is 20.3. The summed E-state index contributed by atoms with van der Waals surface area (Å²) in [5.74, 6) is -2.47. The van der Waals surface area contributed by atoms with Gasteiger partial charge >= 0.3 is 0 Å². The molecule has 6 heteroatoms. The molecule has 5 rings (SSSR count). The molecular weight excluding hydrogens is 374 g/mol. The van der Waals surface area contributed by atoms with Gasteiger partial charge in [-0.25, -0.2) is 8.78 Å². The number of rotatable bonds is 0. The van der Waals surface area contributed by atoms with Crippen LogP contribution < -0.4 is 0 Å². The number of hydrogen-bond donors (Lipinski definition) is 1. The first-order valence-corrected chi connectivity index (χ1v) is 8.69. The number of nitrogens with zero attached hydrogens (tertiary/aromatic N) is 2. The number of fused-ring (bicyclic) bond motifs is 4. The molecule has 0 amide bonds. The highest BCUT2D eigenvalue weighted by atomic mass is 19.1. The zero-order valence-electron chi connectivity index (χ0n) is 14.7. The minimum absolute atomic E-state index is 0.0101. The Labute approximate surface area is 163 Å². The highest BCUT2D eigenvalue weighted by Crippen LogP contribution is 2.52. The van der Waals surface area contributed by atoms with Crippen LogP contribution in [0.1, 0.15) is 27.0 Å². The Hall–Kier alpha value is -4.11. The van der Waals surface area contributed by atoms with Gasteiger partial charge in [-0.15, -0.1) is 0 Å². The van der Waals surface area contributed by atoms with Crippen molar-refractivity contribution in [2.75, 3.05) is 0 Å². The van der Waals surface area contributed by atoms with E-state index in [-0.39, 0.29) is 28.0 Å². The van der Waals surface area contributed by atoms with Crippen LogP contribution in [0.25, 0.3) is 22.4 Å². The summed E-state index contributed by atoms with van der Waals surface area (Å²) in [6, 6.07) is 11.8. The molecule has 138 valence electrons. The van der Waals surface area contributed by atoms with E-state index in [1.165, 1.54) is 6.07 Å². The van der Waals surface area contributed by atoms with Crippen LogP contribution in [-0.4, -0.2) is 15.9 Å². The largest absolute Gasteiger partial charge is 0.507 e. The van der Waals surface area contributed by atoms with Gasteiger partial charge in [-0.2, -0.15) is 5.26 Å². The molecule has 29 heavy (non-hydrogen) atoms. The fraction of sp³-hybridized carbons (Fsp3) is 0. The third-order valence-corrected chi connectivity index (χ3v) is 5.15. The van der Waals surface area contributed by atoms with E-state index in [4.69, 9.17) is 0 Å². The molecule has 2 aliphatic rings. The van der Waals surface area contributed by atoms with Gasteiger partial charge in [-0.05, 0) is 23.8 Å². The minimum Gasteiger partial charge on any atom is -0.507 e. The zero-order valence-corrected chi connectivity index (χ0v) is 14.7. The number of nitriles is 1. The van der Waals surface area contributed by atoms with Crippen molar-refractivity contribution in [3.63, 3.8) is 0 Å². The van der Waals surface area contributed by atoms with E-state index in [9.17, 15) is 23.9 Å². The molecule has 0 aliphatic heterocycles. The van der Waals surface area contributed by atoms with Gasteiger partial charge in [0.25, 0.3) is 0 Å². The maximum absolute atomic E-state index is 14.5. The van der Waals surface area contributed by atoms with E-state index in [2.05, 4.69) is 4.98 Å². The second kappa shape index (κ2) is 5.94. The molecule has 0 saturated carbocycles. The summed E-state index contributed by atoms with van der Waals surface area (Å²) in [6.07, 6.45) is 2.68. The molecule has 3 aromatic rings. The van der Waals surface area contributed by atoms with Crippen LogP contribution in [0.5, 0.6) is 5.75 Å². The molecule has 1 aromatic heterocycles. The first-order valence-electron chi connectivity index (χ1n) is 8.69. The molecule has 4 nitrogen and oxygen atoms in total. The normalized spacial score (nSPS) is 17.8. The number of benzene rings is 2. The van der Waals surface area contributed by atoms with Crippen molar-refractivity contribution in [3.8, 4) is 23.1 Å². The SMILES string of the molecule is N#CC=C1/C(=C2/c3cccnc3-c3c(O)cccc32)C(=O)c2c(F)cc(F)cc21. The number of aromatic nitrogens is 1. The van der Waals surface area contributed by atoms with Crippen LogP contribution in [-0.2, 0) is 0 Å². The fourth-order valence-electron chi connectivity index (χ4n) is 4.08. The van der Waals surface area contributed by atoms with Crippen molar-refractivity contribution >= 4 is 16.9 Å². The Balaban J connectivity index is 1.94. The lowest BCUT2D eigenvalue weighted by molar-refractivity contribution is 0.104. The van der Waals surface area contributed by atoms with Crippen molar-refractivity contribution in [1.29, 1.82) is 5.26 Å². The van der Waals surface area contributed by atoms with E-state index in [1.54, 1.807) is 30.5 Å². The summed E-state index contributed by atoms with van der Waals surface area (Å²) in [5.41, 5.74) is 2.49. The Morgan fingerprint density at radius 3 is 2.59 bits per heavy atom. The standard InChI is InChI=1S/C23H10F2N2O2/c24-11-9-15-12(6-7-26)21(23(29)19(15)16(25)10-11)18-13-3-1-5-17(28)20(13)22-14(18)4-2-8-27-22/h1-6,8-10,28H/b12-6?,21-18-. The first kappa shape index (κ1) is 17.0. The lowest BCUT2D eigenvalue weighted by atomic mass is 9.93. The second-order valence-electron chi connectivity index (χ2n) is 6.68. The Morgan fingerprint density at radius 2 is 1.79 bits per heavy atom. The quantitative estimate of drug-likeness (QED) is 0.354. The lowest BCUT2D eigenvalue weighted by Gasteiger charge is -2.08. The molecule has 0 saturated heterocycles. The van der Waals surface area contributed by atoms with E-state index < -0.39 is 17.4 Å². The number of Topliss-reactive ketones (excluding diaryl/α,β-unsaturated/α-hetero) is 1. The number of allylic oxidation sites excluding steroid dienone is 3. The van der Waals surface area contributed by atoms with E-state index >= 15 is 0 Å². The Morgan fingerprint density at radius 1 is 1.00 bits per heavy atom. The summed E-state index contributed by atoms with van der Waals surface area (Å²) < 4.78 is 28.4. The second-order valence-corrected chi connectivity index (χ2v) is 6.68. The smallest absolute Gasteiger partial charge is 0.197 e. The van der Waals surface area contributed by atoms with Crippen LogP contribution in [0.3, 0.4) is 0 Å². The summed E-state index contributed by atoms with van der Waals surface area (Å²) in [7, 11) is 0. The summed E-state index contributed by atoms with van der Waals surface area (Å²) >= 11 is 0. The van der Waals surface area contributed by atoms with Gasteiger partial charge in [-0.3, -0.25) is 9.78 Å². The van der Waals surface area contributed by atoms with Gasteiger partial charge in [0.15, 0.2) is 5.78 Å².